The average Bonchev–Trinajstić information content (AvgIpc) is 3.52. The van der Waals surface area contributed by atoms with Gasteiger partial charge >= 0.3 is 0 Å². The van der Waals surface area contributed by atoms with Gasteiger partial charge in [0.25, 0.3) is 0 Å². The molecule has 0 radical (unpaired) electrons. The van der Waals surface area contributed by atoms with Crippen molar-refractivity contribution in [1.82, 2.24) is 0 Å². The molecule has 0 aliphatic heterocycles. The van der Waals surface area contributed by atoms with Gasteiger partial charge in [0.1, 0.15) is 0 Å². The molecule has 9 aromatic rings. The second kappa shape index (κ2) is 14.7. The van der Waals surface area contributed by atoms with E-state index in [9.17, 15) is 0 Å². The molecule has 0 unspecified atom stereocenters. The zero-order valence-corrected chi connectivity index (χ0v) is 32.8. The largest absolute Gasteiger partial charge is 0.309 e. The third-order valence-electron chi connectivity index (χ3n) is 11.9. The molecule has 0 atom stereocenters. The van der Waals surface area contributed by atoms with Crippen LogP contribution < -0.4 is 4.90 Å². The predicted octanol–water partition coefficient (Wildman–Crippen LogP) is 15.8. The first-order valence-electron chi connectivity index (χ1n) is 20.2. The maximum atomic E-state index is 2.51. The first-order valence-corrected chi connectivity index (χ1v) is 20.2. The second-order valence-corrected chi connectivity index (χ2v) is 15.7. The summed E-state index contributed by atoms with van der Waals surface area (Å²) >= 11 is 0. The lowest BCUT2D eigenvalue weighted by atomic mass is 9.81. The molecule has 0 aromatic heterocycles. The van der Waals surface area contributed by atoms with E-state index >= 15 is 0 Å². The van der Waals surface area contributed by atoms with E-state index in [-0.39, 0.29) is 5.41 Å². The average molecular weight is 742 g/mol. The van der Waals surface area contributed by atoms with Crippen molar-refractivity contribution in [3.63, 3.8) is 0 Å². The van der Waals surface area contributed by atoms with Gasteiger partial charge in [0.05, 0.1) is 11.4 Å². The highest BCUT2D eigenvalue weighted by Crippen LogP contribution is 2.54. The Kier molecular flexibility index (Phi) is 8.92. The van der Waals surface area contributed by atoms with E-state index in [0.29, 0.717) is 0 Å². The molecule has 0 fully saturated rings. The Labute approximate surface area is 342 Å². The summed E-state index contributed by atoms with van der Waals surface area (Å²) in [6.45, 7) is 4.77. The van der Waals surface area contributed by atoms with Gasteiger partial charge in [-0.15, -0.1) is 0 Å². The third-order valence-corrected chi connectivity index (χ3v) is 11.9. The van der Waals surface area contributed by atoms with Crippen molar-refractivity contribution in [2.75, 3.05) is 4.90 Å². The van der Waals surface area contributed by atoms with Crippen molar-refractivity contribution >= 4 is 17.1 Å². The van der Waals surface area contributed by atoms with Crippen LogP contribution in [0.25, 0.3) is 66.8 Å². The Morgan fingerprint density at radius 2 is 0.741 bits per heavy atom. The number of fused-ring (bicyclic) bond motifs is 3. The van der Waals surface area contributed by atoms with Gasteiger partial charge in [-0.2, -0.15) is 0 Å². The van der Waals surface area contributed by atoms with Crippen LogP contribution in [-0.2, 0) is 5.41 Å². The quantitative estimate of drug-likeness (QED) is 0.150. The summed E-state index contributed by atoms with van der Waals surface area (Å²) in [5, 5.41) is 0. The number of anilines is 3. The molecule has 0 N–H and O–H groups in total. The van der Waals surface area contributed by atoms with Crippen molar-refractivity contribution in [2.45, 2.75) is 19.3 Å². The molecule has 276 valence electrons. The summed E-state index contributed by atoms with van der Waals surface area (Å²) in [6.07, 6.45) is 0. The zero-order valence-electron chi connectivity index (χ0n) is 32.8. The van der Waals surface area contributed by atoms with Crippen LogP contribution in [-0.4, -0.2) is 0 Å². The van der Waals surface area contributed by atoms with Crippen LogP contribution in [0, 0.1) is 0 Å². The van der Waals surface area contributed by atoms with E-state index in [1.807, 2.05) is 0 Å². The monoisotopic (exact) mass is 741 g/mol. The molecule has 0 saturated heterocycles. The van der Waals surface area contributed by atoms with Gasteiger partial charge in [-0.05, 0) is 97.1 Å². The lowest BCUT2D eigenvalue weighted by Crippen LogP contribution is -2.17. The van der Waals surface area contributed by atoms with E-state index in [4.69, 9.17) is 0 Å². The van der Waals surface area contributed by atoms with Gasteiger partial charge in [0.15, 0.2) is 0 Å². The fourth-order valence-corrected chi connectivity index (χ4v) is 9.05. The van der Waals surface area contributed by atoms with Gasteiger partial charge in [0.2, 0.25) is 0 Å². The zero-order chi connectivity index (χ0) is 39.1. The smallest absolute Gasteiger partial charge is 0.0546 e. The number of para-hydroxylation sites is 1. The van der Waals surface area contributed by atoms with Crippen LogP contribution in [0.15, 0.2) is 224 Å². The van der Waals surface area contributed by atoms with Crippen molar-refractivity contribution in [3.8, 4) is 66.8 Å². The molecule has 0 spiro atoms. The molecular formula is C57H43N. The summed E-state index contributed by atoms with van der Waals surface area (Å²) in [4.78, 5) is 2.51. The molecule has 1 heteroatoms. The molecule has 0 bridgehead atoms. The predicted molar refractivity (Wildman–Crippen MR) is 246 cm³/mol. The maximum absolute atomic E-state index is 2.51. The molecule has 9 aromatic carbocycles. The molecule has 0 saturated carbocycles. The standard InChI is InChI=1S/C57H43N/c1-57(2)52-38-44(40-20-7-3-8-21-40)34-36-49(52)50-37-35-45(39-53(50)57)58(54-32-18-17-29-47(54)42-24-11-5-12-25-42)55-33-19-31-48(43-26-13-6-14-27-43)56(55)51-30-16-15-28-46(51)41-22-9-4-10-23-41/h3-39H,1-2H3. The Morgan fingerprint density at radius 1 is 0.293 bits per heavy atom. The van der Waals surface area contributed by atoms with Crippen molar-refractivity contribution in [1.29, 1.82) is 0 Å². The fraction of sp³-hybridized carbons (Fsp3) is 0.0526. The highest BCUT2D eigenvalue weighted by molar-refractivity contribution is 6.03. The molecular weight excluding hydrogens is 699 g/mol. The lowest BCUT2D eigenvalue weighted by Gasteiger charge is -2.32. The van der Waals surface area contributed by atoms with Crippen LogP contribution >= 0.6 is 0 Å². The second-order valence-electron chi connectivity index (χ2n) is 15.7. The summed E-state index contributed by atoms with van der Waals surface area (Å²) in [6, 6.07) is 81.9. The third kappa shape index (κ3) is 6.13. The molecule has 10 rings (SSSR count). The van der Waals surface area contributed by atoms with E-state index in [0.717, 1.165) is 17.1 Å². The minimum Gasteiger partial charge on any atom is -0.309 e. The molecule has 1 aliphatic carbocycles. The molecule has 58 heavy (non-hydrogen) atoms. The lowest BCUT2D eigenvalue weighted by molar-refractivity contribution is 0.660. The van der Waals surface area contributed by atoms with Crippen molar-refractivity contribution in [2.24, 2.45) is 0 Å². The number of hydrogen-bond donors (Lipinski definition) is 0. The van der Waals surface area contributed by atoms with Gasteiger partial charge in [0, 0.05) is 22.2 Å². The van der Waals surface area contributed by atoms with E-state index in [2.05, 4.69) is 243 Å². The minimum absolute atomic E-state index is 0.218. The number of benzene rings is 9. The van der Waals surface area contributed by atoms with E-state index < -0.39 is 0 Å². The maximum Gasteiger partial charge on any atom is 0.0546 e. The van der Waals surface area contributed by atoms with E-state index in [1.54, 1.807) is 0 Å². The highest BCUT2D eigenvalue weighted by Gasteiger charge is 2.37. The van der Waals surface area contributed by atoms with Gasteiger partial charge in [-0.1, -0.05) is 208 Å². The Morgan fingerprint density at radius 3 is 1.38 bits per heavy atom. The molecule has 1 nitrogen and oxygen atoms in total. The van der Waals surface area contributed by atoms with Crippen molar-refractivity contribution < 1.29 is 0 Å². The molecule has 1 aliphatic rings. The molecule has 0 amide bonds. The fourth-order valence-electron chi connectivity index (χ4n) is 9.05. The number of rotatable bonds is 8. The summed E-state index contributed by atoms with van der Waals surface area (Å²) in [5.41, 5.74) is 20.4. The summed E-state index contributed by atoms with van der Waals surface area (Å²) in [7, 11) is 0. The van der Waals surface area contributed by atoms with Gasteiger partial charge in [-0.3, -0.25) is 0 Å². The van der Waals surface area contributed by atoms with Crippen molar-refractivity contribution in [3.05, 3.63) is 236 Å². The summed E-state index contributed by atoms with van der Waals surface area (Å²) < 4.78 is 0. The first kappa shape index (κ1) is 35.2. The van der Waals surface area contributed by atoms with E-state index in [1.165, 1.54) is 77.9 Å². The Hall–Kier alpha value is -7.22. The number of nitrogens with zero attached hydrogens (tertiary/aromatic N) is 1. The van der Waals surface area contributed by atoms with Gasteiger partial charge in [-0.25, -0.2) is 0 Å². The first-order chi connectivity index (χ1) is 28.6. The van der Waals surface area contributed by atoms with Crippen LogP contribution in [0.3, 0.4) is 0 Å². The normalized spacial score (nSPS) is 12.4. The van der Waals surface area contributed by atoms with Gasteiger partial charge < -0.3 is 4.90 Å². The number of hydrogen-bond acceptors (Lipinski definition) is 1. The summed E-state index contributed by atoms with van der Waals surface area (Å²) in [5.74, 6) is 0. The highest BCUT2D eigenvalue weighted by atomic mass is 15.1. The molecule has 0 heterocycles. The van der Waals surface area contributed by atoms with Crippen LogP contribution in [0.5, 0.6) is 0 Å². The van der Waals surface area contributed by atoms with Crippen LogP contribution in [0.4, 0.5) is 17.1 Å². The van der Waals surface area contributed by atoms with Crippen LogP contribution in [0.1, 0.15) is 25.0 Å². The Balaban J connectivity index is 1.24. The topological polar surface area (TPSA) is 3.24 Å². The Bertz CT molecular complexity index is 2890. The SMILES string of the molecule is CC1(C)c2cc(-c3ccccc3)ccc2-c2ccc(N(c3ccccc3-c3ccccc3)c3cccc(-c4ccccc4)c3-c3ccccc3-c3ccccc3)cc21. The minimum atomic E-state index is -0.218. The van der Waals surface area contributed by atoms with Crippen LogP contribution in [0.2, 0.25) is 0 Å².